The number of carboxylic acids is 3. The smallest absolute Gasteiger partial charge is 0.317 e. The first-order chi connectivity index (χ1) is 33.2. The zero-order chi connectivity index (χ0) is 51.1. The number of carboxylic acid groups (broad SMARTS) is 3. The number of nitrogens with one attached hydrogen (secondary N) is 5. The Bertz CT molecular complexity index is 2640. The van der Waals surface area contributed by atoms with Crippen LogP contribution in [0, 0.1) is 20.8 Å². The van der Waals surface area contributed by atoms with Crippen molar-refractivity contribution in [2.75, 3.05) is 96.9 Å². The van der Waals surface area contributed by atoms with Crippen molar-refractivity contribution in [3.63, 3.8) is 0 Å². The highest BCUT2D eigenvalue weighted by atomic mass is 32.2. The van der Waals surface area contributed by atoms with Crippen LogP contribution in [0.5, 0.6) is 0 Å². The second-order valence-electron chi connectivity index (χ2n) is 17.4. The van der Waals surface area contributed by atoms with Gasteiger partial charge in [-0.15, -0.1) is 0 Å². The van der Waals surface area contributed by atoms with Crippen LogP contribution in [0.15, 0.2) is 58.6 Å². The standard InChI is InChI=1S/C46H63N11O12S/c1-30-20-31(2)44(32(3)21-30)70(68,69)52-37(33(4)58)24-50-45(67)36-25-57(38-22-34(6-7-35(38)43(36)66)23-51-46-48-9-10-49-46)11-5-8-47-39(59)26-53-12-14-54(27-40(60)61)16-18-56(29-42(64)65)19-17-55(15-13-53)28-41(62)63/h6-7,9-10,20-22,25,37,52H,5,8,11-19,23-24,26-29H2,1-4H3,(H,47,59)(H,50,67)(H,60,61)(H,62,63)(H,64,65)(H2,48,49,51)/t37-/m0/s1. The molecule has 1 aliphatic heterocycles. The Balaban J connectivity index is 1.30. The molecule has 2 amide bonds. The fourth-order valence-electron chi connectivity index (χ4n) is 8.36. The maximum absolute atomic E-state index is 14.0. The maximum Gasteiger partial charge on any atom is 0.317 e. The molecule has 70 heavy (non-hydrogen) atoms. The normalized spacial score (nSPS) is 15.4. The number of carbonyl (C=O) groups is 6. The van der Waals surface area contributed by atoms with Gasteiger partial charge in [-0.3, -0.25) is 53.2 Å². The van der Waals surface area contributed by atoms with Gasteiger partial charge in [0, 0.05) is 103 Å². The fraction of sp³-hybridized carbons (Fsp3) is 0.478. The number of anilines is 1. The molecule has 0 aliphatic carbocycles. The Kier molecular flexibility index (Phi) is 19.7. The van der Waals surface area contributed by atoms with Crippen molar-refractivity contribution in [1.29, 1.82) is 0 Å². The van der Waals surface area contributed by atoms with Gasteiger partial charge in [-0.2, -0.15) is 4.72 Å². The number of rotatable bonds is 22. The zero-order valence-corrected chi connectivity index (χ0v) is 40.6. The van der Waals surface area contributed by atoms with E-state index in [-0.39, 0.29) is 113 Å². The van der Waals surface area contributed by atoms with E-state index in [0.717, 1.165) is 11.1 Å². The number of aromatic nitrogens is 3. The van der Waals surface area contributed by atoms with Crippen LogP contribution in [0.1, 0.15) is 46.0 Å². The van der Waals surface area contributed by atoms with Gasteiger partial charge in [0.15, 0.2) is 5.95 Å². The number of pyridine rings is 1. The molecule has 23 nitrogen and oxygen atoms in total. The molecule has 1 saturated heterocycles. The predicted octanol–water partition coefficient (Wildman–Crippen LogP) is -0.0904. The van der Waals surface area contributed by atoms with E-state index in [2.05, 4.69) is 30.6 Å². The van der Waals surface area contributed by atoms with Gasteiger partial charge in [0.25, 0.3) is 5.91 Å². The number of nitrogens with zero attached hydrogens (tertiary/aromatic N) is 6. The summed E-state index contributed by atoms with van der Waals surface area (Å²) in [5.74, 6) is -4.41. The van der Waals surface area contributed by atoms with Gasteiger partial charge in [-0.1, -0.05) is 23.8 Å². The van der Waals surface area contributed by atoms with Gasteiger partial charge >= 0.3 is 17.9 Å². The van der Waals surface area contributed by atoms with Crippen molar-refractivity contribution in [1.82, 2.24) is 49.5 Å². The Morgan fingerprint density at radius 2 is 1.31 bits per heavy atom. The van der Waals surface area contributed by atoms with Crippen LogP contribution in [0.25, 0.3) is 10.9 Å². The van der Waals surface area contributed by atoms with E-state index in [4.69, 9.17) is 0 Å². The Hall–Kier alpha value is -6.57. The minimum Gasteiger partial charge on any atom is -0.480 e. The first-order valence-corrected chi connectivity index (χ1v) is 24.3. The number of ketones is 1. The van der Waals surface area contributed by atoms with E-state index in [9.17, 15) is 57.3 Å². The molecule has 0 bridgehead atoms. The lowest BCUT2D eigenvalue weighted by molar-refractivity contribution is -0.140. The summed E-state index contributed by atoms with van der Waals surface area (Å²) in [6, 6.07) is 7.21. The number of amides is 2. The van der Waals surface area contributed by atoms with Crippen molar-refractivity contribution in [2.45, 2.75) is 58.1 Å². The second-order valence-corrected chi connectivity index (χ2v) is 19.1. The summed E-state index contributed by atoms with van der Waals surface area (Å²) in [7, 11) is -4.21. The molecule has 2 aromatic carbocycles. The van der Waals surface area contributed by atoms with Crippen LogP contribution in [-0.2, 0) is 47.1 Å². The highest BCUT2D eigenvalue weighted by Crippen LogP contribution is 2.22. The van der Waals surface area contributed by atoms with E-state index >= 15 is 0 Å². The summed E-state index contributed by atoms with van der Waals surface area (Å²) in [5.41, 5.74) is 2.27. The molecule has 0 radical (unpaired) electrons. The molecule has 1 atom stereocenters. The number of benzene rings is 2. The SMILES string of the molecule is CC(=O)[C@H](CNC(=O)c1cn(CCCNC(=O)CN2CCN(CC(=O)O)CCN(CC(=O)O)CCN(CC(=O)O)CC2)c2cc(CNc3ncc[nH]3)ccc2c1=O)NS(=O)(=O)c1c(C)cc(C)cc1C. The van der Waals surface area contributed by atoms with Gasteiger partial charge in [0.2, 0.25) is 21.4 Å². The molecule has 380 valence electrons. The third kappa shape index (κ3) is 16.3. The predicted molar refractivity (Wildman–Crippen MR) is 258 cm³/mol. The lowest BCUT2D eigenvalue weighted by Crippen LogP contribution is -2.49. The molecule has 2 aromatic heterocycles. The molecule has 0 saturated carbocycles. The lowest BCUT2D eigenvalue weighted by atomic mass is 10.1. The largest absolute Gasteiger partial charge is 0.480 e. The summed E-state index contributed by atoms with van der Waals surface area (Å²) in [5, 5.41) is 37.4. The minimum atomic E-state index is -4.21. The van der Waals surface area contributed by atoms with Crippen LogP contribution in [0.2, 0.25) is 0 Å². The molecular formula is C46H63N11O12S. The number of aromatic amines is 1. The van der Waals surface area contributed by atoms with E-state index in [0.29, 0.717) is 35.6 Å². The molecule has 24 heteroatoms. The molecule has 0 spiro atoms. The third-order valence-electron chi connectivity index (χ3n) is 11.7. The number of sulfonamides is 1. The number of hydrogen-bond acceptors (Lipinski definition) is 15. The molecule has 3 heterocycles. The molecule has 5 rings (SSSR count). The molecule has 4 aromatic rings. The lowest BCUT2D eigenvalue weighted by Gasteiger charge is -2.32. The summed E-state index contributed by atoms with van der Waals surface area (Å²) in [6.45, 7) is 7.57. The van der Waals surface area contributed by atoms with Crippen LogP contribution in [0.3, 0.4) is 0 Å². The third-order valence-corrected chi connectivity index (χ3v) is 13.5. The summed E-state index contributed by atoms with van der Waals surface area (Å²) >= 11 is 0. The van der Waals surface area contributed by atoms with Crippen molar-refractivity contribution in [2.24, 2.45) is 0 Å². The first-order valence-electron chi connectivity index (χ1n) is 22.8. The highest BCUT2D eigenvalue weighted by Gasteiger charge is 2.28. The minimum absolute atomic E-state index is 0.0272. The number of Topliss-reactive ketones (excluding diaryl/α,β-unsaturated/α-hetero) is 1. The summed E-state index contributed by atoms with van der Waals surface area (Å²) in [4.78, 5) is 103. The molecule has 8 N–H and O–H groups in total. The van der Waals surface area contributed by atoms with Crippen molar-refractivity contribution in [3.05, 3.63) is 87.0 Å². The van der Waals surface area contributed by atoms with E-state index in [1.165, 1.54) is 13.1 Å². The van der Waals surface area contributed by atoms with Crippen molar-refractivity contribution >= 4 is 62.4 Å². The van der Waals surface area contributed by atoms with Gasteiger partial charge in [0.1, 0.15) is 11.3 Å². The average molecular weight is 994 g/mol. The van der Waals surface area contributed by atoms with E-state index < -0.39 is 57.6 Å². The number of carbonyl (C=O) groups excluding carboxylic acids is 3. The summed E-state index contributed by atoms with van der Waals surface area (Å²) < 4.78 is 31.2. The number of imidazole rings is 1. The Labute approximate surface area is 405 Å². The van der Waals surface area contributed by atoms with Crippen molar-refractivity contribution in [3.8, 4) is 0 Å². The molecule has 0 unspecified atom stereocenters. The number of aryl methyl sites for hydroxylation is 4. The van der Waals surface area contributed by atoms with Gasteiger partial charge < -0.3 is 40.8 Å². The molecule has 1 fully saturated rings. The quantitative estimate of drug-likeness (QED) is 0.0477. The Morgan fingerprint density at radius 3 is 1.81 bits per heavy atom. The Morgan fingerprint density at radius 1 is 0.771 bits per heavy atom. The van der Waals surface area contributed by atoms with E-state index in [1.807, 2.05) is 6.92 Å². The number of fused-ring (bicyclic) bond motifs is 1. The highest BCUT2D eigenvalue weighted by molar-refractivity contribution is 7.89. The van der Waals surface area contributed by atoms with E-state index in [1.54, 1.807) is 80.7 Å². The average Bonchev–Trinajstić information content (AvgIpc) is 3.80. The maximum atomic E-state index is 14.0. The van der Waals surface area contributed by atoms with Gasteiger partial charge in [-0.25, -0.2) is 13.4 Å². The first kappa shape index (κ1) is 54.4. The van der Waals surface area contributed by atoms with Crippen LogP contribution < -0.4 is 26.1 Å². The van der Waals surface area contributed by atoms with Gasteiger partial charge in [0.05, 0.1) is 42.6 Å². The number of aliphatic carboxylic acids is 3. The monoisotopic (exact) mass is 993 g/mol. The second kappa shape index (κ2) is 25.3. The molecule has 1 aliphatic rings. The summed E-state index contributed by atoms with van der Waals surface area (Å²) in [6.07, 6.45) is 4.98. The van der Waals surface area contributed by atoms with Crippen molar-refractivity contribution < 1.29 is 52.5 Å². The topological polar surface area (TPSA) is 309 Å². The zero-order valence-electron chi connectivity index (χ0n) is 39.8. The number of hydrogen-bond donors (Lipinski definition) is 8. The van der Waals surface area contributed by atoms with Gasteiger partial charge in [-0.05, 0) is 62.9 Å². The van der Waals surface area contributed by atoms with Crippen LogP contribution in [0.4, 0.5) is 5.95 Å². The fourth-order valence-corrected chi connectivity index (χ4v) is 10.1. The van der Waals surface area contributed by atoms with Crippen LogP contribution >= 0.6 is 0 Å². The molecular weight excluding hydrogens is 931 g/mol. The number of H-pyrrole nitrogens is 1. The van der Waals surface area contributed by atoms with Crippen LogP contribution in [-0.4, -0.2) is 191 Å².